The Labute approximate surface area is 177 Å². The fraction of sp³-hybridized carbons (Fsp3) is 0.429. The summed E-state index contributed by atoms with van der Waals surface area (Å²) in [5.74, 6) is -0.508. The predicted octanol–water partition coefficient (Wildman–Crippen LogP) is 2.45. The van der Waals surface area contributed by atoms with Crippen LogP contribution in [0.1, 0.15) is 29.0 Å². The van der Waals surface area contributed by atoms with Crippen molar-refractivity contribution in [3.05, 3.63) is 48.1 Å². The number of halogens is 2. The summed E-state index contributed by atoms with van der Waals surface area (Å²) < 4.78 is 30.3. The summed E-state index contributed by atoms with van der Waals surface area (Å²) in [6.45, 7) is 2.56. The summed E-state index contributed by atoms with van der Waals surface area (Å²) in [4.78, 5) is 29.1. The van der Waals surface area contributed by atoms with Gasteiger partial charge in [0.1, 0.15) is 17.7 Å². The van der Waals surface area contributed by atoms with Crippen LogP contribution < -0.4 is 10.2 Å². The summed E-state index contributed by atoms with van der Waals surface area (Å²) in [6.07, 6.45) is 7.38. The number of hydrogen-bond acceptors (Lipinski definition) is 6. The lowest BCUT2D eigenvalue weighted by molar-refractivity contribution is 0.102. The van der Waals surface area contributed by atoms with E-state index in [4.69, 9.17) is 0 Å². The quantitative estimate of drug-likeness (QED) is 0.674. The maximum atomic E-state index is 14.5. The number of aromatic nitrogens is 4. The zero-order chi connectivity index (χ0) is 21.7. The maximum Gasteiger partial charge on any atom is 0.275 e. The highest BCUT2D eigenvalue weighted by Gasteiger charge is 2.41. The number of carbonyl (C=O) groups excluding carboxylic acids is 1. The van der Waals surface area contributed by atoms with Crippen molar-refractivity contribution in [2.24, 2.45) is 0 Å². The first-order valence-electron chi connectivity index (χ1n) is 10.3. The van der Waals surface area contributed by atoms with E-state index in [1.54, 1.807) is 19.3 Å². The molecule has 5 rings (SSSR count). The molecule has 1 N–H and O–H groups in total. The molecule has 2 aliphatic rings. The third kappa shape index (κ3) is 3.83. The van der Waals surface area contributed by atoms with Gasteiger partial charge in [0.05, 0.1) is 36.4 Å². The number of nitrogens with zero attached hydrogens (tertiary/aromatic N) is 6. The molecule has 2 unspecified atom stereocenters. The first-order valence-corrected chi connectivity index (χ1v) is 10.3. The number of nitrogens with one attached hydrogen (secondary N) is 1. The molecule has 3 aromatic heterocycles. The lowest BCUT2D eigenvalue weighted by atomic mass is 10.2. The van der Waals surface area contributed by atoms with Gasteiger partial charge in [-0.25, -0.2) is 23.7 Å². The van der Waals surface area contributed by atoms with Gasteiger partial charge in [0.2, 0.25) is 0 Å². The lowest BCUT2D eigenvalue weighted by Crippen LogP contribution is -2.40. The second-order valence-electron chi connectivity index (χ2n) is 8.29. The largest absolute Gasteiger partial charge is 0.351 e. The van der Waals surface area contributed by atoms with Crippen LogP contribution in [-0.2, 0) is 0 Å². The van der Waals surface area contributed by atoms with E-state index in [9.17, 15) is 13.6 Å². The van der Waals surface area contributed by atoms with Crippen molar-refractivity contribution in [2.75, 3.05) is 30.4 Å². The number of alkyl halides is 1. The van der Waals surface area contributed by atoms with E-state index < -0.39 is 17.9 Å². The Morgan fingerprint density at radius 3 is 2.74 bits per heavy atom. The Balaban J connectivity index is 1.27. The van der Waals surface area contributed by atoms with Crippen molar-refractivity contribution in [1.29, 1.82) is 0 Å². The highest BCUT2D eigenvalue weighted by atomic mass is 19.1. The van der Waals surface area contributed by atoms with Gasteiger partial charge in [-0.05, 0) is 26.8 Å². The number of carbonyl (C=O) groups is 1. The monoisotopic (exact) mass is 427 g/mol. The van der Waals surface area contributed by atoms with Gasteiger partial charge in [-0.15, -0.1) is 0 Å². The molecule has 162 valence electrons. The van der Waals surface area contributed by atoms with E-state index in [0.717, 1.165) is 12.8 Å². The summed E-state index contributed by atoms with van der Waals surface area (Å²) in [7, 11) is 1.98. The van der Waals surface area contributed by atoms with Gasteiger partial charge in [0, 0.05) is 31.0 Å². The number of pyridine rings is 1. The minimum Gasteiger partial charge on any atom is -0.351 e. The predicted molar refractivity (Wildman–Crippen MR) is 112 cm³/mol. The van der Waals surface area contributed by atoms with Crippen molar-refractivity contribution in [3.63, 3.8) is 0 Å². The molecule has 0 radical (unpaired) electrons. The number of anilines is 2. The number of rotatable bonds is 5. The number of imidazole rings is 1. The molecule has 10 heteroatoms. The molecular weight excluding hydrogens is 404 g/mol. The fourth-order valence-electron chi connectivity index (χ4n) is 4.12. The number of likely N-dealkylation sites (N-methyl/N-ethyl adjacent to an activating group) is 1. The van der Waals surface area contributed by atoms with Gasteiger partial charge in [0.25, 0.3) is 5.91 Å². The molecule has 1 saturated heterocycles. The number of hydrogen-bond donors (Lipinski definition) is 1. The molecule has 31 heavy (non-hydrogen) atoms. The van der Waals surface area contributed by atoms with Crippen LogP contribution in [0.5, 0.6) is 0 Å². The fourth-order valence-corrected chi connectivity index (χ4v) is 4.12. The smallest absolute Gasteiger partial charge is 0.275 e. The minimum atomic E-state index is -0.952. The second kappa shape index (κ2) is 7.52. The van der Waals surface area contributed by atoms with Crippen LogP contribution in [-0.4, -0.2) is 68.6 Å². The van der Waals surface area contributed by atoms with Gasteiger partial charge in [-0.3, -0.25) is 9.69 Å². The molecule has 1 aliphatic carbocycles. The van der Waals surface area contributed by atoms with E-state index in [0.29, 0.717) is 24.1 Å². The Kier molecular flexibility index (Phi) is 4.81. The molecule has 0 bridgehead atoms. The third-order valence-corrected chi connectivity index (χ3v) is 5.95. The highest BCUT2D eigenvalue weighted by Crippen LogP contribution is 2.32. The van der Waals surface area contributed by atoms with E-state index in [1.807, 2.05) is 11.9 Å². The Morgan fingerprint density at radius 2 is 2.03 bits per heavy atom. The first-order chi connectivity index (χ1) is 14.9. The molecule has 8 nitrogen and oxygen atoms in total. The highest BCUT2D eigenvalue weighted by molar-refractivity contribution is 6.02. The van der Waals surface area contributed by atoms with Gasteiger partial charge in [-0.2, -0.15) is 0 Å². The van der Waals surface area contributed by atoms with Gasteiger partial charge < -0.3 is 14.6 Å². The van der Waals surface area contributed by atoms with Crippen LogP contribution in [0.2, 0.25) is 0 Å². The summed E-state index contributed by atoms with van der Waals surface area (Å²) in [6, 6.07) is 1.54. The topological polar surface area (TPSA) is 78.7 Å². The van der Waals surface area contributed by atoms with E-state index in [1.165, 1.54) is 22.9 Å². The molecule has 0 aromatic carbocycles. The normalized spacial score (nSPS) is 21.3. The van der Waals surface area contributed by atoms with Crippen LogP contribution in [0.15, 0.2) is 30.9 Å². The Bertz CT molecular complexity index is 1130. The first kappa shape index (κ1) is 19.8. The van der Waals surface area contributed by atoms with Crippen molar-refractivity contribution < 1.29 is 13.6 Å². The van der Waals surface area contributed by atoms with Crippen molar-refractivity contribution in [3.8, 4) is 0 Å². The van der Waals surface area contributed by atoms with Crippen LogP contribution in [0.3, 0.4) is 0 Å². The summed E-state index contributed by atoms with van der Waals surface area (Å²) in [5, 5.41) is 2.63. The molecule has 1 amide bonds. The summed E-state index contributed by atoms with van der Waals surface area (Å²) >= 11 is 0. The molecule has 4 heterocycles. The zero-order valence-corrected chi connectivity index (χ0v) is 17.3. The molecular formula is C21H23F2N7O. The van der Waals surface area contributed by atoms with Crippen LogP contribution in [0, 0.1) is 12.7 Å². The summed E-state index contributed by atoms with van der Waals surface area (Å²) in [5.41, 5.74) is 1.24. The molecule has 2 fully saturated rings. The molecule has 3 aromatic rings. The van der Waals surface area contributed by atoms with Crippen molar-refractivity contribution >= 4 is 23.1 Å². The molecule has 1 aliphatic heterocycles. The second-order valence-corrected chi connectivity index (χ2v) is 8.29. The van der Waals surface area contributed by atoms with E-state index >= 15 is 0 Å². The third-order valence-electron chi connectivity index (χ3n) is 5.95. The van der Waals surface area contributed by atoms with Crippen LogP contribution in [0.25, 0.3) is 5.65 Å². The molecule has 2 atom stereocenters. The Morgan fingerprint density at radius 1 is 1.23 bits per heavy atom. The maximum absolute atomic E-state index is 14.5. The molecule has 1 saturated carbocycles. The standard InChI is InChI=1S/C21H23F2N7O/c1-12-8-30-9-13(5-15(22)20(30)26-12)27-21(31)17-6-25-19(7-24-17)29-10-16(23)18(11-29)28(2)14-3-4-14/h5-9,14,16,18H,3-4,10-11H2,1-2H3,(H,27,31). The average Bonchev–Trinajstić information content (AvgIpc) is 3.42. The number of aryl methyl sites for hydroxylation is 1. The number of fused-ring (bicyclic) bond motifs is 1. The van der Waals surface area contributed by atoms with Crippen LogP contribution in [0.4, 0.5) is 20.3 Å². The lowest BCUT2D eigenvalue weighted by Gasteiger charge is -2.25. The minimum absolute atomic E-state index is 0.0914. The van der Waals surface area contributed by atoms with Crippen LogP contribution >= 0.6 is 0 Å². The van der Waals surface area contributed by atoms with Gasteiger partial charge in [-0.1, -0.05) is 0 Å². The Hall–Kier alpha value is -3.14. The van der Waals surface area contributed by atoms with E-state index in [2.05, 4.69) is 25.2 Å². The van der Waals surface area contributed by atoms with Gasteiger partial charge in [0.15, 0.2) is 11.5 Å². The van der Waals surface area contributed by atoms with Gasteiger partial charge >= 0.3 is 0 Å². The zero-order valence-electron chi connectivity index (χ0n) is 17.3. The van der Waals surface area contributed by atoms with Crippen molar-refractivity contribution in [1.82, 2.24) is 24.3 Å². The SMILES string of the molecule is Cc1cn2cc(NC(=O)c3cnc(N4CC(F)C(N(C)C5CC5)C4)cn3)cc(F)c2n1. The van der Waals surface area contributed by atoms with Crippen molar-refractivity contribution in [2.45, 2.75) is 38.0 Å². The van der Waals surface area contributed by atoms with E-state index in [-0.39, 0.29) is 29.6 Å². The number of amides is 1. The molecule has 0 spiro atoms. The average molecular weight is 427 g/mol.